The van der Waals surface area contributed by atoms with Crippen LogP contribution >= 0.6 is 0 Å². The standard InChI is InChI=1S/C10H20N4/c1-12-14-8-3-2-5-10(14)9-6-4-7-13(9)11/h9-10H,1-8,11H2. The van der Waals surface area contributed by atoms with Crippen molar-refractivity contribution >= 4 is 6.72 Å². The Labute approximate surface area is 85.7 Å². The zero-order chi connectivity index (χ0) is 9.97. The molecule has 2 atom stereocenters. The van der Waals surface area contributed by atoms with E-state index >= 15 is 0 Å². The minimum Gasteiger partial charge on any atom is -0.293 e. The van der Waals surface area contributed by atoms with Gasteiger partial charge in [0.05, 0.1) is 6.04 Å². The summed E-state index contributed by atoms with van der Waals surface area (Å²) < 4.78 is 0. The maximum atomic E-state index is 5.97. The normalized spacial score (nSPS) is 34.8. The van der Waals surface area contributed by atoms with E-state index in [-0.39, 0.29) is 0 Å². The molecule has 2 aliphatic rings. The topological polar surface area (TPSA) is 44.9 Å². The average Bonchev–Trinajstić information content (AvgIpc) is 2.64. The van der Waals surface area contributed by atoms with Gasteiger partial charge in [-0.25, -0.2) is 5.01 Å². The molecule has 80 valence electrons. The third-order valence-electron chi connectivity index (χ3n) is 3.49. The molecule has 0 spiro atoms. The molecule has 0 aromatic rings. The third kappa shape index (κ3) is 1.77. The first-order valence-electron chi connectivity index (χ1n) is 5.57. The summed E-state index contributed by atoms with van der Waals surface area (Å²) in [4.78, 5) is 0. The van der Waals surface area contributed by atoms with Crippen LogP contribution in [-0.2, 0) is 0 Å². The van der Waals surface area contributed by atoms with Gasteiger partial charge in [-0.2, -0.15) is 5.10 Å². The molecule has 4 nitrogen and oxygen atoms in total. The Hall–Kier alpha value is -0.610. The molecule has 0 radical (unpaired) electrons. The second-order valence-electron chi connectivity index (χ2n) is 4.32. The lowest BCUT2D eigenvalue weighted by Gasteiger charge is -2.39. The van der Waals surface area contributed by atoms with E-state index in [1.54, 1.807) is 0 Å². The highest BCUT2D eigenvalue weighted by atomic mass is 15.5. The van der Waals surface area contributed by atoms with E-state index in [0.29, 0.717) is 12.1 Å². The fourth-order valence-electron chi connectivity index (χ4n) is 2.74. The van der Waals surface area contributed by atoms with E-state index in [0.717, 1.165) is 13.1 Å². The Morgan fingerprint density at radius 3 is 2.50 bits per heavy atom. The molecule has 2 unspecified atom stereocenters. The number of hydrazine groups is 1. The zero-order valence-electron chi connectivity index (χ0n) is 8.73. The van der Waals surface area contributed by atoms with E-state index in [9.17, 15) is 0 Å². The number of piperidine rings is 1. The van der Waals surface area contributed by atoms with Gasteiger partial charge in [-0.05, 0) is 32.1 Å². The van der Waals surface area contributed by atoms with Gasteiger partial charge < -0.3 is 0 Å². The Morgan fingerprint density at radius 1 is 1.07 bits per heavy atom. The monoisotopic (exact) mass is 196 g/mol. The van der Waals surface area contributed by atoms with Crippen molar-refractivity contribution < 1.29 is 0 Å². The van der Waals surface area contributed by atoms with Crippen LogP contribution in [0.25, 0.3) is 0 Å². The lowest BCUT2D eigenvalue weighted by atomic mass is 9.96. The largest absolute Gasteiger partial charge is 0.293 e. The van der Waals surface area contributed by atoms with Gasteiger partial charge in [-0.3, -0.25) is 10.9 Å². The SMILES string of the molecule is C=NN1CCCCC1C1CCCN1N. The molecule has 0 amide bonds. The molecule has 4 heteroatoms. The second kappa shape index (κ2) is 4.28. The lowest BCUT2D eigenvalue weighted by Crippen LogP contribution is -2.51. The van der Waals surface area contributed by atoms with E-state index in [2.05, 4.69) is 16.8 Å². The Morgan fingerprint density at radius 2 is 1.86 bits per heavy atom. The predicted molar refractivity (Wildman–Crippen MR) is 57.8 cm³/mol. The summed E-state index contributed by atoms with van der Waals surface area (Å²) in [7, 11) is 0. The predicted octanol–water partition coefficient (Wildman–Crippen LogP) is 0.795. The Kier molecular flexibility index (Phi) is 3.03. The summed E-state index contributed by atoms with van der Waals surface area (Å²) in [5.41, 5.74) is 0. The summed E-state index contributed by atoms with van der Waals surface area (Å²) in [5.74, 6) is 5.97. The van der Waals surface area contributed by atoms with Crippen molar-refractivity contribution in [3.8, 4) is 0 Å². The van der Waals surface area contributed by atoms with Crippen molar-refractivity contribution in [2.75, 3.05) is 13.1 Å². The van der Waals surface area contributed by atoms with Crippen molar-refractivity contribution in [1.29, 1.82) is 0 Å². The quantitative estimate of drug-likeness (QED) is 0.525. The van der Waals surface area contributed by atoms with Crippen LogP contribution in [0, 0.1) is 0 Å². The smallest absolute Gasteiger partial charge is 0.0639 e. The van der Waals surface area contributed by atoms with Gasteiger partial charge in [0.2, 0.25) is 0 Å². The van der Waals surface area contributed by atoms with Crippen molar-refractivity contribution in [3.63, 3.8) is 0 Å². The minimum atomic E-state index is 0.501. The van der Waals surface area contributed by atoms with Crippen LogP contribution in [0.5, 0.6) is 0 Å². The van der Waals surface area contributed by atoms with Crippen LogP contribution in [0.15, 0.2) is 5.10 Å². The first-order valence-corrected chi connectivity index (χ1v) is 5.57. The van der Waals surface area contributed by atoms with Crippen molar-refractivity contribution in [3.05, 3.63) is 0 Å². The van der Waals surface area contributed by atoms with E-state index in [1.807, 2.05) is 5.01 Å². The third-order valence-corrected chi connectivity index (χ3v) is 3.49. The number of hydrogen-bond donors (Lipinski definition) is 1. The van der Waals surface area contributed by atoms with Gasteiger partial charge in [0.25, 0.3) is 0 Å². The minimum absolute atomic E-state index is 0.501. The highest BCUT2D eigenvalue weighted by molar-refractivity contribution is 5.22. The van der Waals surface area contributed by atoms with Gasteiger partial charge in [0, 0.05) is 25.8 Å². The number of hydrogen-bond acceptors (Lipinski definition) is 4. The molecule has 0 bridgehead atoms. The molecule has 0 aromatic carbocycles. The zero-order valence-corrected chi connectivity index (χ0v) is 8.73. The van der Waals surface area contributed by atoms with E-state index < -0.39 is 0 Å². The van der Waals surface area contributed by atoms with E-state index in [4.69, 9.17) is 5.84 Å². The summed E-state index contributed by atoms with van der Waals surface area (Å²) in [6.07, 6.45) is 6.21. The second-order valence-corrected chi connectivity index (χ2v) is 4.32. The molecule has 2 aliphatic heterocycles. The molecule has 0 aromatic heterocycles. The van der Waals surface area contributed by atoms with Crippen molar-refractivity contribution in [2.45, 2.75) is 44.2 Å². The maximum absolute atomic E-state index is 5.97. The van der Waals surface area contributed by atoms with Crippen LogP contribution in [-0.4, -0.2) is 41.9 Å². The van der Waals surface area contributed by atoms with Crippen molar-refractivity contribution in [2.24, 2.45) is 10.9 Å². The summed E-state index contributed by atoms with van der Waals surface area (Å²) in [6, 6.07) is 1.01. The number of rotatable bonds is 2. The van der Waals surface area contributed by atoms with Crippen LogP contribution in [0.3, 0.4) is 0 Å². The summed E-state index contributed by atoms with van der Waals surface area (Å²) in [6.45, 7) is 5.74. The fraction of sp³-hybridized carbons (Fsp3) is 0.900. The molecule has 2 rings (SSSR count). The molecule has 2 fully saturated rings. The summed E-state index contributed by atoms with van der Waals surface area (Å²) >= 11 is 0. The number of hydrazone groups is 1. The highest BCUT2D eigenvalue weighted by Gasteiger charge is 2.34. The Bertz CT molecular complexity index is 206. The Balaban J connectivity index is 2.02. The number of nitrogens with zero attached hydrogens (tertiary/aromatic N) is 3. The fourth-order valence-corrected chi connectivity index (χ4v) is 2.74. The van der Waals surface area contributed by atoms with Crippen LogP contribution in [0.2, 0.25) is 0 Å². The first kappa shape index (κ1) is 9.93. The lowest BCUT2D eigenvalue weighted by molar-refractivity contribution is 0.0757. The van der Waals surface area contributed by atoms with E-state index in [1.165, 1.54) is 32.1 Å². The van der Waals surface area contributed by atoms with Crippen LogP contribution < -0.4 is 5.84 Å². The molecule has 2 N–H and O–H groups in total. The highest BCUT2D eigenvalue weighted by Crippen LogP contribution is 2.27. The molecule has 0 saturated carbocycles. The number of nitrogens with two attached hydrogens (primary N) is 1. The van der Waals surface area contributed by atoms with Crippen LogP contribution in [0.4, 0.5) is 0 Å². The van der Waals surface area contributed by atoms with Gasteiger partial charge in [0.15, 0.2) is 0 Å². The molecule has 2 saturated heterocycles. The van der Waals surface area contributed by atoms with Crippen molar-refractivity contribution in [1.82, 2.24) is 10.0 Å². The molecule has 0 aliphatic carbocycles. The maximum Gasteiger partial charge on any atom is 0.0639 e. The average molecular weight is 196 g/mol. The summed E-state index contributed by atoms with van der Waals surface area (Å²) in [5, 5.41) is 8.24. The van der Waals surface area contributed by atoms with Crippen LogP contribution in [0.1, 0.15) is 32.1 Å². The first-order chi connectivity index (χ1) is 6.83. The molecular weight excluding hydrogens is 176 g/mol. The van der Waals surface area contributed by atoms with Gasteiger partial charge in [-0.1, -0.05) is 0 Å². The molecular formula is C10H20N4. The molecule has 2 heterocycles. The van der Waals surface area contributed by atoms with Gasteiger partial charge >= 0.3 is 0 Å². The van der Waals surface area contributed by atoms with Gasteiger partial charge in [0.1, 0.15) is 0 Å². The van der Waals surface area contributed by atoms with Gasteiger partial charge in [-0.15, -0.1) is 0 Å². The molecule has 14 heavy (non-hydrogen) atoms.